The van der Waals surface area contributed by atoms with E-state index in [9.17, 15) is 4.79 Å². The monoisotopic (exact) mass is 331 g/mol. The highest BCUT2D eigenvalue weighted by atomic mass is 35.5. The van der Waals surface area contributed by atoms with E-state index >= 15 is 0 Å². The summed E-state index contributed by atoms with van der Waals surface area (Å²) in [6.45, 7) is 0.692. The lowest BCUT2D eigenvalue weighted by atomic mass is 10.00. The molecule has 0 aromatic heterocycles. The van der Waals surface area contributed by atoms with Crippen molar-refractivity contribution in [2.45, 2.75) is 12.5 Å². The minimum Gasteiger partial charge on any atom is -0.493 e. The number of hydrogen-bond acceptors (Lipinski definition) is 4. The highest BCUT2D eigenvalue weighted by Crippen LogP contribution is 2.40. The standard InChI is InChI=1S/C17H14ClNO4/c18-12-7-10(8-15-16(12)23-9-22-15)17(20)19-13-5-6-21-14-4-2-1-3-11(13)14/h1-4,7-8,13H,5-6,9H2,(H,19,20)/t13-/m1/s1. The number of ether oxygens (including phenoxy) is 3. The smallest absolute Gasteiger partial charge is 0.251 e. The van der Waals surface area contributed by atoms with Gasteiger partial charge in [-0.3, -0.25) is 4.79 Å². The van der Waals surface area contributed by atoms with Crippen LogP contribution in [0.3, 0.4) is 0 Å². The van der Waals surface area contributed by atoms with Crippen molar-refractivity contribution in [1.82, 2.24) is 5.32 Å². The average Bonchev–Trinajstić information content (AvgIpc) is 3.04. The van der Waals surface area contributed by atoms with Crippen molar-refractivity contribution in [2.24, 2.45) is 0 Å². The lowest BCUT2D eigenvalue weighted by molar-refractivity contribution is 0.0924. The first-order valence-electron chi connectivity index (χ1n) is 7.34. The van der Waals surface area contributed by atoms with Gasteiger partial charge in [0, 0.05) is 17.5 Å². The third kappa shape index (κ3) is 2.57. The van der Waals surface area contributed by atoms with E-state index in [2.05, 4.69) is 5.32 Å². The number of nitrogens with one attached hydrogen (secondary N) is 1. The summed E-state index contributed by atoms with van der Waals surface area (Å²) in [5, 5.41) is 3.41. The molecule has 0 saturated heterocycles. The maximum Gasteiger partial charge on any atom is 0.251 e. The fourth-order valence-corrected chi connectivity index (χ4v) is 3.10. The Kier molecular flexibility index (Phi) is 3.50. The zero-order chi connectivity index (χ0) is 15.8. The Morgan fingerprint density at radius 2 is 2.00 bits per heavy atom. The third-order valence-corrected chi connectivity index (χ3v) is 4.23. The van der Waals surface area contributed by atoms with Gasteiger partial charge >= 0.3 is 0 Å². The van der Waals surface area contributed by atoms with Crippen molar-refractivity contribution in [3.8, 4) is 17.2 Å². The van der Waals surface area contributed by atoms with E-state index in [1.165, 1.54) is 0 Å². The van der Waals surface area contributed by atoms with Crippen LogP contribution in [-0.4, -0.2) is 19.3 Å². The number of rotatable bonds is 2. The molecule has 6 heteroatoms. The van der Waals surface area contributed by atoms with Gasteiger partial charge in [0.15, 0.2) is 11.5 Å². The quantitative estimate of drug-likeness (QED) is 0.917. The maximum atomic E-state index is 12.6. The number of carbonyl (C=O) groups is 1. The third-order valence-electron chi connectivity index (χ3n) is 3.95. The van der Waals surface area contributed by atoms with Gasteiger partial charge in [0.25, 0.3) is 5.91 Å². The Morgan fingerprint density at radius 1 is 1.13 bits per heavy atom. The molecule has 0 radical (unpaired) electrons. The number of benzene rings is 2. The minimum absolute atomic E-state index is 0.0864. The van der Waals surface area contributed by atoms with Crippen LogP contribution in [0.4, 0.5) is 0 Å². The van der Waals surface area contributed by atoms with Gasteiger partial charge in [-0.05, 0) is 18.2 Å². The molecule has 2 heterocycles. The molecule has 0 aliphatic carbocycles. The van der Waals surface area contributed by atoms with E-state index in [4.69, 9.17) is 25.8 Å². The molecule has 2 aromatic carbocycles. The number of hydrogen-bond donors (Lipinski definition) is 1. The predicted octanol–water partition coefficient (Wildman–Crippen LogP) is 3.32. The summed E-state index contributed by atoms with van der Waals surface area (Å²) in [5.74, 6) is 1.59. The van der Waals surface area contributed by atoms with Crippen LogP contribution < -0.4 is 19.5 Å². The highest BCUT2D eigenvalue weighted by molar-refractivity contribution is 6.32. The van der Waals surface area contributed by atoms with Crippen LogP contribution in [0.5, 0.6) is 17.2 Å². The summed E-state index contributed by atoms with van der Waals surface area (Å²) in [6, 6.07) is 10.9. The van der Waals surface area contributed by atoms with Crippen molar-refractivity contribution in [2.75, 3.05) is 13.4 Å². The van der Waals surface area contributed by atoms with Gasteiger partial charge in [0.1, 0.15) is 5.75 Å². The van der Waals surface area contributed by atoms with Crippen LogP contribution in [-0.2, 0) is 0 Å². The lowest BCUT2D eigenvalue weighted by Crippen LogP contribution is -2.32. The van der Waals surface area contributed by atoms with Gasteiger partial charge in [-0.25, -0.2) is 0 Å². The van der Waals surface area contributed by atoms with Gasteiger partial charge in [-0.1, -0.05) is 29.8 Å². The van der Waals surface area contributed by atoms with Crippen molar-refractivity contribution in [3.05, 3.63) is 52.5 Å². The number of para-hydroxylation sites is 1. The van der Waals surface area contributed by atoms with E-state index < -0.39 is 0 Å². The Bertz CT molecular complexity index is 777. The fraction of sp³-hybridized carbons (Fsp3) is 0.235. The van der Waals surface area contributed by atoms with Crippen LogP contribution in [0.2, 0.25) is 5.02 Å². The summed E-state index contributed by atoms with van der Waals surface area (Å²) in [7, 11) is 0. The first kappa shape index (κ1) is 14.2. The van der Waals surface area contributed by atoms with Crippen LogP contribution in [0.15, 0.2) is 36.4 Å². The molecular weight excluding hydrogens is 318 g/mol. The molecule has 0 spiro atoms. The summed E-state index contributed by atoms with van der Waals surface area (Å²) in [4.78, 5) is 12.6. The normalized spacial score (nSPS) is 18.0. The number of carbonyl (C=O) groups excluding carboxylic acids is 1. The van der Waals surface area contributed by atoms with Crippen LogP contribution in [0.1, 0.15) is 28.4 Å². The fourth-order valence-electron chi connectivity index (χ4n) is 2.83. The summed E-state index contributed by atoms with van der Waals surface area (Å²) in [6.07, 6.45) is 0.723. The minimum atomic E-state index is -0.202. The molecule has 2 aliphatic rings. The second-order valence-electron chi connectivity index (χ2n) is 5.39. The topological polar surface area (TPSA) is 56.8 Å². The summed E-state index contributed by atoms with van der Waals surface area (Å²) in [5.41, 5.74) is 1.43. The Balaban J connectivity index is 1.59. The first-order chi connectivity index (χ1) is 11.2. The second kappa shape index (κ2) is 5.66. The van der Waals surface area contributed by atoms with Gasteiger partial charge < -0.3 is 19.5 Å². The summed E-state index contributed by atoms with van der Waals surface area (Å²) >= 11 is 6.14. The molecule has 5 nitrogen and oxygen atoms in total. The lowest BCUT2D eigenvalue weighted by Gasteiger charge is -2.26. The Hall–Kier alpha value is -2.40. The number of halogens is 1. The highest BCUT2D eigenvalue weighted by Gasteiger charge is 2.25. The van der Waals surface area contributed by atoms with E-state index in [1.54, 1.807) is 12.1 Å². The van der Waals surface area contributed by atoms with Crippen molar-refractivity contribution in [1.29, 1.82) is 0 Å². The van der Waals surface area contributed by atoms with Crippen LogP contribution in [0, 0.1) is 0 Å². The molecule has 23 heavy (non-hydrogen) atoms. The summed E-state index contributed by atoms with van der Waals surface area (Å²) < 4.78 is 16.2. The average molecular weight is 332 g/mol. The molecular formula is C17H14ClNO4. The van der Waals surface area contributed by atoms with Crippen LogP contribution in [0.25, 0.3) is 0 Å². The SMILES string of the molecule is O=C(N[C@@H]1CCOc2ccccc21)c1cc(Cl)c2c(c1)OCO2. The largest absolute Gasteiger partial charge is 0.493 e. The second-order valence-corrected chi connectivity index (χ2v) is 5.80. The molecule has 0 fully saturated rings. The van der Waals surface area contributed by atoms with E-state index in [0.29, 0.717) is 28.7 Å². The maximum absolute atomic E-state index is 12.6. The molecule has 2 aliphatic heterocycles. The zero-order valence-corrected chi connectivity index (χ0v) is 12.9. The predicted molar refractivity (Wildman–Crippen MR) is 84.3 cm³/mol. The molecule has 0 unspecified atom stereocenters. The van der Waals surface area contributed by atoms with Gasteiger partial charge in [0.05, 0.1) is 17.7 Å². The van der Waals surface area contributed by atoms with E-state index in [0.717, 1.165) is 17.7 Å². The molecule has 1 atom stereocenters. The van der Waals surface area contributed by atoms with Gasteiger partial charge in [-0.15, -0.1) is 0 Å². The molecule has 4 rings (SSSR count). The first-order valence-corrected chi connectivity index (χ1v) is 7.72. The number of amides is 1. The molecule has 1 N–H and O–H groups in total. The van der Waals surface area contributed by atoms with Gasteiger partial charge in [0.2, 0.25) is 6.79 Å². The van der Waals surface area contributed by atoms with Crippen LogP contribution >= 0.6 is 11.6 Å². The van der Waals surface area contributed by atoms with Crippen molar-refractivity contribution >= 4 is 17.5 Å². The Labute approximate surface area is 138 Å². The molecule has 118 valence electrons. The van der Waals surface area contributed by atoms with Gasteiger partial charge in [-0.2, -0.15) is 0 Å². The van der Waals surface area contributed by atoms with E-state index in [-0.39, 0.29) is 18.7 Å². The molecule has 1 amide bonds. The van der Waals surface area contributed by atoms with Crippen molar-refractivity contribution < 1.29 is 19.0 Å². The van der Waals surface area contributed by atoms with Crippen molar-refractivity contribution in [3.63, 3.8) is 0 Å². The molecule has 0 saturated carbocycles. The molecule has 0 bridgehead atoms. The zero-order valence-electron chi connectivity index (χ0n) is 12.2. The Morgan fingerprint density at radius 3 is 2.91 bits per heavy atom. The number of fused-ring (bicyclic) bond motifs is 2. The molecule has 2 aromatic rings. The van der Waals surface area contributed by atoms with E-state index in [1.807, 2.05) is 24.3 Å².